The number of nitrogens with zero attached hydrogens (tertiary/aromatic N) is 1. The summed E-state index contributed by atoms with van der Waals surface area (Å²) < 4.78 is 18.0. The molecule has 1 saturated heterocycles. The van der Waals surface area contributed by atoms with Gasteiger partial charge in [0, 0.05) is 36.9 Å². The number of pyridine rings is 1. The molecular weight excluding hydrogens is 211 g/mol. The van der Waals surface area contributed by atoms with Crippen molar-refractivity contribution in [3.63, 3.8) is 0 Å². The van der Waals surface area contributed by atoms with E-state index >= 15 is 0 Å². The SMILES string of the molecule is O=C(NCC1CCOC1)c1ccnc(F)c1. The number of halogens is 1. The minimum Gasteiger partial charge on any atom is -0.381 e. The van der Waals surface area contributed by atoms with E-state index in [1.54, 1.807) is 0 Å². The van der Waals surface area contributed by atoms with Crippen molar-refractivity contribution in [2.45, 2.75) is 6.42 Å². The van der Waals surface area contributed by atoms with Gasteiger partial charge in [-0.05, 0) is 12.5 Å². The number of carbonyl (C=O) groups is 1. The molecule has 0 bridgehead atoms. The lowest BCUT2D eigenvalue weighted by Crippen LogP contribution is -2.29. The van der Waals surface area contributed by atoms with E-state index in [2.05, 4.69) is 10.3 Å². The third kappa shape index (κ3) is 2.76. The molecular formula is C11H13FN2O2. The molecule has 0 radical (unpaired) electrons. The van der Waals surface area contributed by atoms with Crippen molar-refractivity contribution in [1.29, 1.82) is 0 Å². The highest BCUT2D eigenvalue weighted by atomic mass is 19.1. The largest absolute Gasteiger partial charge is 0.381 e. The van der Waals surface area contributed by atoms with E-state index in [0.29, 0.717) is 24.6 Å². The van der Waals surface area contributed by atoms with E-state index in [4.69, 9.17) is 4.74 Å². The quantitative estimate of drug-likeness (QED) is 0.779. The van der Waals surface area contributed by atoms with E-state index in [9.17, 15) is 9.18 Å². The van der Waals surface area contributed by atoms with Crippen LogP contribution in [0.3, 0.4) is 0 Å². The second-order valence-electron chi connectivity index (χ2n) is 3.81. The van der Waals surface area contributed by atoms with Crippen molar-refractivity contribution in [2.24, 2.45) is 5.92 Å². The normalized spacial score (nSPS) is 19.7. The molecule has 86 valence electrons. The Morgan fingerprint density at radius 3 is 3.25 bits per heavy atom. The smallest absolute Gasteiger partial charge is 0.251 e. The van der Waals surface area contributed by atoms with Crippen LogP contribution in [0.1, 0.15) is 16.8 Å². The van der Waals surface area contributed by atoms with Gasteiger partial charge >= 0.3 is 0 Å². The van der Waals surface area contributed by atoms with Gasteiger partial charge < -0.3 is 10.1 Å². The zero-order valence-corrected chi connectivity index (χ0v) is 8.78. The summed E-state index contributed by atoms with van der Waals surface area (Å²) >= 11 is 0. The number of ether oxygens (including phenoxy) is 1. The second-order valence-corrected chi connectivity index (χ2v) is 3.81. The molecule has 1 amide bonds. The van der Waals surface area contributed by atoms with Crippen LogP contribution < -0.4 is 5.32 Å². The zero-order chi connectivity index (χ0) is 11.4. The fraction of sp³-hybridized carbons (Fsp3) is 0.455. The number of nitrogens with one attached hydrogen (secondary N) is 1. The number of amides is 1. The average Bonchev–Trinajstić information content (AvgIpc) is 2.78. The molecule has 16 heavy (non-hydrogen) atoms. The molecule has 1 fully saturated rings. The van der Waals surface area contributed by atoms with E-state index in [0.717, 1.165) is 19.1 Å². The van der Waals surface area contributed by atoms with Crippen LogP contribution in [0, 0.1) is 11.9 Å². The molecule has 0 spiro atoms. The Morgan fingerprint density at radius 2 is 2.56 bits per heavy atom. The van der Waals surface area contributed by atoms with Gasteiger partial charge in [0.1, 0.15) is 0 Å². The van der Waals surface area contributed by atoms with Gasteiger partial charge in [-0.2, -0.15) is 4.39 Å². The van der Waals surface area contributed by atoms with Gasteiger partial charge in [0.15, 0.2) is 0 Å². The third-order valence-corrected chi connectivity index (χ3v) is 2.56. The number of hydrogen-bond acceptors (Lipinski definition) is 3. The molecule has 1 aromatic rings. The van der Waals surface area contributed by atoms with E-state index in [1.807, 2.05) is 0 Å². The Hall–Kier alpha value is -1.49. The zero-order valence-electron chi connectivity index (χ0n) is 8.78. The number of aromatic nitrogens is 1. The van der Waals surface area contributed by atoms with Crippen LogP contribution in [-0.4, -0.2) is 30.6 Å². The van der Waals surface area contributed by atoms with Crippen LogP contribution >= 0.6 is 0 Å². The molecule has 2 rings (SSSR count). The molecule has 0 aromatic carbocycles. The first-order valence-corrected chi connectivity index (χ1v) is 5.23. The first-order valence-electron chi connectivity index (χ1n) is 5.23. The molecule has 1 aliphatic rings. The summed E-state index contributed by atoms with van der Waals surface area (Å²) in [5.41, 5.74) is 0.298. The van der Waals surface area contributed by atoms with Crippen LogP contribution in [0.2, 0.25) is 0 Å². The van der Waals surface area contributed by atoms with E-state index in [1.165, 1.54) is 12.3 Å². The Morgan fingerprint density at radius 1 is 1.69 bits per heavy atom. The summed E-state index contributed by atoms with van der Waals surface area (Å²) in [5.74, 6) is -0.541. The topological polar surface area (TPSA) is 51.2 Å². The summed E-state index contributed by atoms with van der Waals surface area (Å²) in [4.78, 5) is 15.0. The summed E-state index contributed by atoms with van der Waals surface area (Å²) in [6.45, 7) is 2.01. The number of rotatable bonds is 3. The van der Waals surface area contributed by atoms with Crippen molar-refractivity contribution in [3.05, 3.63) is 29.8 Å². The Bertz CT molecular complexity index is 378. The molecule has 0 aliphatic carbocycles. The van der Waals surface area contributed by atoms with Gasteiger partial charge in [-0.15, -0.1) is 0 Å². The molecule has 1 N–H and O–H groups in total. The lowest BCUT2D eigenvalue weighted by Gasteiger charge is -2.09. The highest BCUT2D eigenvalue weighted by Crippen LogP contribution is 2.11. The minimum absolute atomic E-state index is 0.270. The van der Waals surface area contributed by atoms with Crippen LogP contribution in [0.25, 0.3) is 0 Å². The maximum absolute atomic E-state index is 12.8. The Balaban J connectivity index is 1.87. The number of hydrogen-bond donors (Lipinski definition) is 1. The summed E-state index contributed by atoms with van der Waals surface area (Å²) in [6, 6.07) is 2.62. The average molecular weight is 224 g/mol. The lowest BCUT2D eigenvalue weighted by atomic mass is 10.1. The third-order valence-electron chi connectivity index (χ3n) is 2.56. The highest BCUT2D eigenvalue weighted by molar-refractivity contribution is 5.93. The lowest BCUT2D eigenvalue weighted by molar-refractivity contribution is 0.0944. The van der Waals surface area contributed by atoms with Gasteiger partial charge in [0.25, 0.3) is 5.91 Å². The molecule has 1 aliphatic heterocycles. The van der Waals surface area contributed by atoms with Crippen molar-refractivity contribution in [2.75, 3.05) is 19.8 Å². The van der Waals surface area contributed by atoms with Gasteiger partial charge in [-0.25, -0.2) is 4.98 Å². The minimum atomic E-state index is -0.642. The molecule has 1 atom stereocenters. The maximum Gasteiger partial charge on any atom is 0.251 e. The molecule has 1 unspecified atom stereocenters. The van der Waals surface area contributed by atoms with Gasteiger partial charge in [0.2, 0.25) is 5.95 Å². The summed E-state index contributed by atoms with van der Waals surface area (Å²) in [5, 5.41) is 2.75. The second kappa shape index (κ2) is 5.03. The predicted octanol–water partition coefficient (Wildman–Crippen LogP) is 0.987. The van der Waals surface area contributed by atoms with Gasteiger partial charge in [-0.1, -0.05) is 0 Å². The summed E-state index contributed by atoms with van der Waals surface area (Å²) in [6.07, 6.45) is 2.24. The Labute approximate surface area is 92.8 Å². The molecule has 1 aromatic heterocycles. The van der Waals surface area contributed by atoms with Gasteiger partial charge in [0.05, 0.1) is 6.61 Å². The van der Waals surface area contributed by atoms with E-state index < -0.39 is 5.95 Å². The molecule has 0 saturated carbocycles. The monoisotopic (exact) mass is 224 g/mol. The molecule has 4 nitrogen and oxygen atoms in total. The van der Waals surface area contributed by atoms with Crippen LogP contribution in [0.15, 0.2) is 18.3 Å². The fourth-order valence-electron chi connectivity index (χ4n) is 1.63. The molecule has 2 heterocycles. The summed E-state index contributed by atoms with van der Waals surface area (Å²) in [7, 11) is 0. The fourth-order valence-corrected chi connectivity index (χ4v) is 1.63. The van der Waals surface area contributed by atoms with Crippen molar-refractivity contribution in [1.82, 2.24) is 10.3 Å². The van der Waals surface area contributed by atoms with Crippen molar-refractivity contribution in [3.8, 4) is 0 Å². The van der Waals surface area contributed by atoms with Crippen LogP contribution in [0.5, 0.6) is 0 Å². The first kappa shape index (κ1) is 11.0. The predicted molar refractivity (Wildman–Crippen MR) is 55.5 cm³/mol. The maximum atomic E-state index is 12.8. The standard InChI is InChI=1S/C11H13FN2O2/c12-10-5-9(1-3-13-10)11(15)14-6-8-2-4-16-7-8/h1,3,5,8H,2,4,6-7H2,(H,14,15). The number of carbonyl (C=O) groups excluding carboxylic acids is 1. The van der Waals surface area contributed by atoms with Crippen molar-refractivity contribution >= 4 is 5.91 Å². The van der Waals surface area contributed by atoms with E-state index in [-0.39, 0.29) is 5.91 Å². The van der Waals surface area contributed by atoms with Crippen LogP contribution in [-0.2, 0) is 4.74 Å². The Kier molecular flexibility index (Phi) is 3.46. The highest BCUT2D eigenvalue weighted by Gasteiger charge is 2.16. The van der Waals surface area contributed by atoms with Crippen LogP contribution in [0.4, 0.5) is 4.39 Å². The molecule has 5 heteroatoms. The van der Waals surface area contributed by atoms with Crippen molar-refractivity contribution < 1.29 is 13.9 Å². The first-order chi connectivity index (χ1) is 7.75. The van der Waals surface area contributed by atoms with Gasteiger partial charge in [-0.3, -0.25) is 4.79 Å².